The molecule has 0 saturated carbocycles. The highest BCUT2D eigenvalue weighted by molar-refractivity contribution is 9.10. The van der Waals surface area contributed by atoms with Crippen LogP contribution in [0, 0.1) is 0 Å². The molecule has 2 aromatic heterocycles. The van der Waals surface area contributed by atoms with Gasteiger partial charge in [0.2, 0.25) is 5.95 Å². The van der Waals surface area contributed by atoms with E-state index in [-0.39, 0.29) is 5.75 Å². The Morgan fingerprint density at radius 2 is 1.88 bits per heavy atom. The van der Waals surface area contributed by atoms with Crippen molar-refractivity contribution in [3.05, 3.63) is 58.4 Å². The average Bonchev–Trinajstić information content (AvgIpc) is 3.46. The van der Waals surface area contributed by atoms with Gasteiger partial charge in [-0.3, -0.25) is 4.68 Å². The van der Waals surface area contributed by atoms with Gasteiger partial charge in [-0.1, -0.05) is 34.5 Å². The number of anilines is 2. The quantitative estimate of drug-likeness (QED) is 0.338. The van der Waals surface area contributed by atoms with E-state index in [2.05, 4.69) is 48.1 Å². The van der Waals surface area contributed by atoms with Crippen molar-refractivity contribution in [3.8, 4) is 16.9 Å². The van der Waals surface area contributed by atoms with Gasteiger partial charge in [0.1, 0.15) is 5.75 Å². The maximum absolute atomic E-state index is 10.1. The van der Waals surface area contributed by atoms with Gasteiger partial charge in [-0.25, -0.2) is 9.97 Å². The number of nitrogens with zero attached hydrogens (tertiary/aromatic N) is 5. The third-order valence-electron chi connectivity index (χ3n) is 5.46. The summed E-state index contributed by atoms with van der Waals surface area (Å²) in [5.41, 5.74) is 3.05. The Labute approximate surface area is 206 Å². The fourth-order valence-corrected chi connectivity index (χ4v) is 4.65. The van der Waals surface area contributed by atoms with E-state index >= 15 is 0 Å². The zero-order valence-electron chi connectivity index (χ0n) is 18.6. The number of aromatic hydroxyl groups is 1. The Kier molecular flexibility index (Phi) is 7.47. The molecular formula is C24H26BrClN6O. The number of nitrogens with one attached hydrogen (secondary N) is 1. The minimum Gasteiger partial charge on any atom is -0.508 e. The molecule has 2 aromatic carbocycles. The highest BCUT2D eigenvalue weighted by Crippen LogP contribution is 2.30. The number of phenolic OH excluding ortho intramolecular Hbond substituents is 1. The van der Waals surface area contributed by atoms with Crippen LogP contribution >= 0.6 is 27.5 Å². The van der Waals surface area contributed by atoms with Crippen LogP contribution in [-0.4, -0.2) is 49.4 Å². The predicted octanol–water partition coefficient (Wildman–Crippen LogP) is 6.00. The number of fused-ring (bicyclic) bond motifs is 1. The molecule has 2 N–H and O–H groups in total. The van der Waals surface area contributed by atoms with Crippen LogP contribution in [0.5, 0.6) is 5.75 Å². The van der Waals surface area contributed by atoms with Gasteiger partial charge in [0.05, 0.1) is 16.7 Å². The number of rotatable bonds is 4. The van der Waals surface area contributed by atoms with Crippen molar-refractivity contribution in [3.63, 3.8) is 0 Å². The molecule has 0 spiro atoms. The van der Waals surface area contributed by atoms with Gasteiger partial charge in [-0.15, -0.1) is 0 Å². The molecule has 4 aromatic rings. The number of likely N-dealkylation sites (tertiary alicyclic amines) is 1. The summed E-state index contributed by atoms with van der Waals surface area (Å²) in [6.07, 6.45) is 8.17. The molecule has 33 heavy (non-hydrogen) atoms. The van der Waals surface area contributed by atoms with Gasteiger partial charge in [-0.2, -0.15) is 5.10 Å². The first-order chi connectivity index (χ1) is 15.9. The van der Waals surface area contributed by atoms with Crippen LogP contribution in [0.15, 0.2) is 53.4 Å². The summed E-state index contributed by atoms with van der Waals surface area (Å²) in [7, 11) is 1.84. The molecule has 1 aliphatic heterocycles. The first-order valence-electron chi connectivity index (χ1n) is 10.9. The molecule has 1 saturated heterocycles. The third kappa shape index (κ3) is 6.01. The van der Waals surface area contributed by atoms with E-state index in [9.17, 15) is 5.11 Å². The Hall–Kier alpha value is -2.68. The Balaban J connectivity index is 0.000000318. The zero-order chi connectivity index (χ0) is 23.4. The van der Waals surface area contributed by atoms with Gasteiger partial charge >= 0.3 is 0 Å². The van der Waals surface area contributed by atoms with Crippen LogP contribution in [-0.2, 0) is 7.05 Å². The summed E-state index contributed by atoms with van der Waals surface area (Å²) < 4.78 is 2.58. The first-order valence-corrected chi connectivity index (χ1v) is 12.0. The van der Waals surface area contributed by atoms with Crippen molar-refractivity contribution < 1.29 is 5.11 Å². The fourth-order valence-electron chi connectivity index (χ4n) is 3.78. The monoisotopic (exact) mass is 528 g/mol. The van der Waals surface area contributed by atoms with Crippen molar-refractivity contribution >= 4 is 50.1 Å². The van der Waals surface area contributed by atoms with E-state index in [0.29, 0.717) is 22.2 Å². The van der Waals surface area contributed by atoms with Gasteiger partial charge in [0, 0.05) is 46.6 Å². The molecule has 7 nitrogen and oxygen atoms in total. The number of halogens is 2. The summed E-state index contributed by atoms with van der Waals surface area (Å²) in [5.74, 6) is 0.529. The Morgan fingerprint density at radius 1 is 1.09 bits per heavy atom. The molecule has 0 bridgehead atoms. The van der Waals surface area contributed by atoms with E-state index in [0.717, 1.165) is 21.0 Å². The number of benzene rings is 2. The number of aryl methyl sites for hydroxylation is 1. The number of hydrogen-bond donors (Lipinski definition) is 2. The van der Waals surface area contributed by atoms with Crippen molar-refractivity contribution in [1.82, 2.24) is 24.6 Å². The number of aromatic nitrogens is 4. The van der Waals surface area contributed by atoms with Gasteiger partial charge in [-0.05, 0) is 62.3 Å². The first kappa shape index (κ1) is 23.5. The van der Waals surface area contributed by atoms with Gasteiger partial charge in [0.25, 0.3) is 0 Å². The van der Waals surface area contributed by atoms with E-state index in [1.54, 1.807) is 35.3 Å². The molecule has 1 aliphatic rings. The van der Waals surface area contributed by atoms with Crippen LogP contribution in [0.2, 0.25) is 5.02 Å². The molecule has 0 radical (unpaired) electrons. The largest absolute Gasteiger partial charge is 0.508 e. The zero-order valence-corrected chi connectivity index (χ0v) is 20.9. The third-order valence-corrected chi connectivity index (χ3v) is 6.21. The Morgan fingerprint density at radius 3 is 2.55 bits per heavy atom. The van der Waals surface area contributed by atoms with Crippen LogP contribution in [0.4, 0.5) is 11.6 Å². The molecule has 172 valence electrons. The highest BCUT2D eigenvalue weighted by Gasteiger charge is 2.09. The lowest BCUT2D eigenvalue weighted by molar-refractivity contribution is 0.359. The van der Waals surface area contributed by atoms with Crippen LogP contribution < -0.4 is 5.32 Å². The molecule has 0 amide bonds. The van der Waals surface area contributed by atoms with Crippen LogP contribution in [0.1, 0.15) is 19.8 Å². The molecule has 0 unspecified atom stereocenters. The summed E-state index contributed by atoms with van der Waals surface area (Å²) in [6.45, 7) is 6.16. The second-order valence-electron chi connectivity index (χ2n) is 7.96. The molecule has 0 atom stereocenters. The maximum Gasteiger partial charge on any atom is 0.227 e. The van der Waals surface area contributed by atoms with E-state index in [1.807, 2.05) is 25.4 Å². The molecule has 0 aliphatic carbocycles. The minimum absolute atomic E-state index is 0.136. The smallest absolute Gasteiger partial charge is 0.227 e. The van der Waals surface area contributed by atoms with E-state index in [1.165, 1.54) is 32.5 Å². The molecule has 3 heterocycles. The van der Waals surface area contributed by atoms with Crippen LogP contribution in [0.3, 0.4) is 0 Å². The van der Waals surface area contributed by atoms with Crippen molar-refractivity contribution in [2.45, 2.75) is 19.8 Å². The SMILES string of the molecule is CCN1CCCC1.Cn1cc(-c2cc(O)cc(Nc3ncc4cc(Br)cc(Cl)c4n3)c2)cn1. The predicted molar refractivity (Wildman–Crippen MR) is 137 cm³/mol. The normalized spacial score (nSPS) is 13.7. The summed E-state index contributed by atoms with van der Waals surface area (Å²) in [5, 5.41) is 18.7. The number of hydrogen-bond acceptors (Lipinski definition) is 6. The second kappa shape index (κ2) is 10.5. The molecule has 5 rings (SSSR count). The number of phenols is 1. The average molecular weight is 530 g/mol. The fraction of sp³-hybridized carbons (Fsp3) is 0.292. The lowest BCUT2D eigenvalue weighted by Gasteiger charge is -2.09. The van der Waals surface area contributed by atoms with Crippen LogP contribution in [0.25, 0.3) is 22.0 Å². The minimum atomic E-state index is 0.136. The van der Waals surface area contributed by atoms with Crippen molar-refractivity contribution in [2.75, 3.05) is 25.0 Å². The molecular weight excluding hydrogens is 504 g/mol. The lowest BCUT2D eigenvalue weighted by Crippen LogP contribution is -2.17. The Bertz CT molecular complexity index is 1260. The standard InChI is InChI=1S/C18H13BrClN5O.C6H13N/c1-25-9-12(8-22-25)10-3-14(6-15(26)4-10)23-18-21-7-11-2-13(19)5-16(20)17(11)24-18;1-2-7-5-3-4-6-7/h2-9,26H,1H3,(H,21,23,24);2-6H2,1H3. The highest BCUT2D eigenvalue weighted by atomic mass is 79.9. The van der Waals surface area contributed by atoms with Gasteiger partial charge in [0.15, 0.2) is 0 Å². The summed E-state index contributed by atoms with van der Waals surface area (Å²) in [4.78, 5) is 11.3. The molecule has 1 fully saturated rings. The van der Waals surface area contributed by atoms with Crippen molar-refractivity contribution in [1.29, 1.82) is 0 Å². The molecule has 9 heteroatoms. The lowest BCUT2D eigenvalue weighted by atomic mass is 10.1. The van der Waals surface area contributed by atoms with E-state index < -0.39 is 0 Å². The topological polar surface area (TPSA) is 79.1 Å². The van der Waals surface area contributed by atoms with Crippen molar-refractivity contribution in [2.24, 2.45) is 7.05 Å². The summed E-state index contributed by atoms with van der Waals surface area (Å²) in [6, 6.07) is 8.87. The second-order valence-corrected chi connectivity index (χ2v) is 9.28. The maximum atomic E-state index is 10.1. The van der Waals surface area contributed by atoms with E-state index in [4.69, 9.17) is 11.6 Å². The van der Waals surface area contributed by atoms with Gasteiger partial charge < -0.3 is 15.3 Å². The summed E-state index contributed by atoms with van der Waals surface area (Å²) >= 11 is 9.68.